The Hall–Kier alpha value is -0.610. The second kappa shape index (κ2) is 4.10. The molecule has 0 spiro atoms. The summed E-state index contributed by atoms with van der Waals surface area (Å²) >= 11 is 0. The van der Waals surface area contributed by atoms with Crippen molar-refractivity contribution in [3.05, 3.63) is 0 Å². The highest BCUT2D eigenvalue weighted by atomic mass is 16.6. The number of piperidine rings is 1. The van der Waals surface area contributed by atoms with E-state index in [0.29, 0.717) is 25.6 Å². The topological polar surface area (TPSA) is 38.8 Å². The van der Waals surface area contributed by atoms with Gasteiger partial charge in [-0.3, -0.25) is 4.79 Å². The van der Waals surface area contributed by atoms with Crippen molar-refractivity contribution < 1.29 is 14.3 Å². The Labute approximate surface area is 90.5 Å². The van der Waals surface area contributed by atoms with E-state index in [1.165, 1.54) is 0 Å². The number of hydrogen-bond acceptors (Lipinski definition) is 3. The molecular weight excluding hydrogens is 194 g/mol. The van der Waals surface area contributed by atoms with Crippen molar-refractivity contribution in [1.29, 1.82) is 0 Å². The molecule has 2 fully saturated rings. The molecule has 4 nitrogen and oxygen atoms in total. The molecule has 0 saturated carbocycles. The first-order valence-electron chi connectivity index (χ1n) is 5.60. The third kappa shape index (κ3) is 1.88. The molecular formula is C11H19NO3. The molecule has 2 aliphatic heterocycles. The van der Waals surface area contributed by atoms with E-state index in [-0.39, 0.29) is 24.2 Å². The first kappa shape index (κ1) is 10.9. The smallest absolute Gasteiger partial charge is 0.225 e. The summed E-state index contributed by atoms with van der Waals surface area (Å²) in [5, 5.41) is 0. The van der Waals surface area contributed by atoms with E-state index in [1.807, 2.05) is 11.9 Å². The lowest BCUT2D eigenvalue weighted by molar-refractivity contribution is -0.195. The number of hydrogen-bond donors (Lipinski definition) is 0. The highest BCUT2D eigenvalue weighted by Gasteiger charge is 2.44. The van der Waals surface area contributed by atoms with Gasteiger partial charge in [-0.1, -0.05) is 13.8 Å². The zero-order chi connectivity index (χ0) is 11.0. The van der Waals surface area contributed by atoms with Crippen LogP contribution < -0.4 is 0 Å². The van der Waals surface area contributed by atoms with Crippen LogP contribution in [0.5, 0.6) is 0 Å². The molecule has 1 amide bonds. The molecule has 0 radical (unpaired) electrons. The van der Waals surface area contributed by atoms with Gasteiger partial charge in [0, 0.05) is 7.05 Å². The quantitative estimate of drug-likeness (QED) is 0.642. The van der Waals surface area contributed by atoms with Gasteiger partial charge >= 0.3 is 0 Å². The Bertz CT molecular complexity index is 254. The summed E-state index contributed by atoms with van der Waals surface area (Å²) < 4.78 is 11.4. The summed E-state index contributed by atoms with van der Waals surface area (Å²) in [7, 11) is 1.86. The van der Waals surface area contributed by atoms with Crippen molar-refractivity contribution in [2.24, 2.45) is 5.92 Å². The Morgan fingerprint density at radius 1 is 1.33 bits per heavy atom. The number of nitrogens with zero attached hydrogens (tertiary/aromatic N) is 1. The SMILES string of the molecule is CC(C)C1C2OCCOC2CC(=O)N1C. The lowest BCUT2D eigenvalue weighted by Crippen LogP contribution is -2.61. The summed E-state index contributed by atoms with van der Waals surface area (Å²) in [6, 6.07) is 0.150. The van der Waals surface area contributed by atoms with Gasteiger partial charge in [-0.15, -0.1) is 0 Å². The second-order valence-electron chi connectivity index (χ2n) is 4.69. The van der Waals surface area contributed by atoms with E-state index in [2.05, 4.69) is 13.8 Å². The molecule has 2 saturated heterocycles. The van der Waals surface area contributed by atoms with Crippen LogP contribution in [-0.2, 0) is 14.3 Å². The number of carbonyl (C=O) groups is 1. The Balaban J connectivity index is 2.19. The lowest BCUT2D eigenvalue weighted by Gasteiger charge is -2.46. The fraction of sp³-hybridized carbons (Fsp3) is 0.909. The zero-order valence-corrected chi connectivity index (χ0v) is 9.60. The van der Waals surface area contributed by atoms with Gasteiger partial charge in [0.15, 0.2) is 0 Å². The fourth-order valence-electron chi connectivity index (χ4n) is 2.61. The van der Waals surface area contributed by atoms with Crippen molar-refractivity contribution >= 4 is 5.91 Å². The first-order chi connectivity index (χ1) is 7.11. The molecule has 3 unspecified atom stereocenters. The Morgan fingerprint density at radius 3 is 2.67 bits per heavy atom. The van der Waals surface area contributed by atoms with E-state index in [1.54, 1.807) is 0 Å². The minimum Gasteiger partial charge on any atom is -0.373 e. The van der Waals surface area contributed by atoms with Gasteiger partial charge < -0.3 is 14.4 Å². The number of rotatable bonds is 1. The van der Waals surface area contributed by atoms with Crippen LogP contribution in [0.4, 0.5) is 0 Å². The van der Waals surface area contributed by atoms with Crippen LogP contribution in [0.15, 0.2) is 0 Å². The van der Waals surface area contributed by atoms with Crippen LogP contribution in [0.1, 0.15) is 20.3 Å². The molecule has 2 rings (SSSR count). The van der Waals surface area contributed by atoms with E-state index in [4.69, 9.17) is 9.47 Å². The number of carbonyl (C=O) groups excluding carboxylic acids is 1. The molecule has 0 aromatic carbocycles. The summed E-state index contributed by atoms with van der Waals surface area (Å²) in [5.74, 6) is 0.564. The molecule has 0 aliphatic carbocycles. The molecule has 3 atom stereocenters. The number of fused-ring (bicyclic) bond motifs is 1. The maximum Gasteiger partial charge on any atom is 0.225 e. The van der Waals surface area contributed by atoms with E-state index in [9.17, 15) is 4.79 Å². The average molecular weight is 213 g/mol. The van der Waals surface area contributed by atoms with Gasteiger partial charge in [0.25, 0.3) is 0 Å². The van der Waals surface area contributed by atoms with Crippen molar-refractivity contribution in [2.45, 2.75) is 38.5 Å². The zero-order valence-electron chi connectivity index (χ0n) is 9.60. The summed E-state index contributed by atoms with van der Waals surface area (Å²) in [4.78, 5) is 13.6. The number of likely N-dealkylation sites (tertiary alicyclic amines) is 1. The summed E-state index contributed by atoms with van der Waals surface area (Å²) in [6.45, 7) is 5.50. The number of amides is 1. The number of likely N-dealkylation sites (N-methyl/N-ethyl adjacent to an activating group) is 1. The van der Waals surface area contributed by atoms with Crippen LogP contribution in [0.2, 0.25) is 0 Å². The fourth-order valence-corrected chi connectivity index (χ4v) is 2.61. The van der Waals surface area contributed by atoms with Crippen LogP contribution in [0, 0.1) is 5.92 Å². The van der Waals surface area contributed by atoms with Crippen LogP contribution >= 0.6 is 0 Å². The van der Waals surface area contributed by atoms with Crippen LogP contribution in [0.3, 0.4) is 0 Å². The highest BCUT2D eigenvalue weighted by Crippen LogP contribution is 2.29. The number of ether oxygens (including phenoxy) is 2. The van der Waals surface area contributed by atoms with E-state index in [0.717, 1.165) is 0 Å². The molecule has 2 aliphatic rings. The monoisotopic (exact) mass is 213 g/mol. The molecule has 0 bridgehead atoms. The Morgan fingerprint density at radius 2 is 2.00 bits per heavy atom. The predicted octanol–water partition coefficient (Wildman–Crippen LogP) is 0.657. The third-order valence-corrected chi connectivity index (χ3v) is 3.33. The Kier molecular flexibility index (Phi) is 2.98. The predicted molar refractivity (Wildman–Crippen MR) is 55.5 cm³/mol. The molecule has 4 heteroatoms. The molecule has 15 heavy (non-hydrogen) atoms. The molecule has 2 heterocycles. The maximum atomic E-state index is 11.8. The molecule has 0 aromatic heterocycles. The largest absolute Gasteiger partial charge is 0.373 e. The van der Waals surface area contributed by atoms with Crippen LogP contribution in [0.25, 0.3) is 0 Å². The average Bonchev–Trinajstić information content (AvgIpc) is 2.19. The van der Waals surface area contributed by atoms with Gasteiger partial charge in [0.05, 0.1) is 31.8 Å². The molecule has 86 valence electrons. The maximum absolute atomic E-state index is 11.8. The van der Waals surface area contributed by atoms with Crippen molar-refractivity contribution in [3.63, 3.8) is 0 Å². The minimum absolute atomic E-state index is 0.0325. The van der Waals surface area contributed by atoms with Crippen molar-refractivity contribution in [1.82, 2.24) is 4.90 Å². The minimum atomic E-state index is -0.0325. The van der Waals surface area contributed by atoms with Gasteiger partial charge in [-0.25, -0.2) is 0 Å². The molecule has 0 aromatic rings. The van der Waals surface area contributed by atoms with Gasteiger partial charge in [0.1, 0.15) is 6.10 Å². The van der Waals surface area contributed by atoms with E-state index < -0.39 is 0 Å². The van der Waals surface area contributed by atoms with Gasteiger partial charge in [-0.05, 0) is 5.92 Å². The summed E-state index contributed by atoms with van der Waals surface area (Å²) in [5.41, 5.74) is 0. The van der Waals surface area contributed by atoms with Crippen molar-refractivity contribution in [2.75, 3.05) is 20.3 Å². The standard InChI is InChI=1S/C11H19NO3/c1-7(2)10-11-8(14-4-5-15-11)6-9(13)12(10)3/h7-8,10-11H,4-6H2,1-3H3. The van der Waals surface area contributed by atoms with Gasteiger partial charge in [0.2, 0.25) is 5.91 Å². The van der Waals surface area contributed by atoms with Crippen molar-refractivity contribution in [3.8, 4) is 0 Å². The summed E-state index contributed by atoms with van der Waals surface area (Å²) in [6.07, 6.45) is 0.487. The highest BCUT2D eigenvalue weighted by molar-refractivity contribution is 5.78. The first-order valence-corrected chi connectivity index (χ1v) is 5.60. The molecule has 0 N–H and O–H groups in total. The normalized spacial score (nSPS) is 36.9. The van der Waals surface area contributed by atoms with E-state index >= 15 is 0 Å². The van der Waals surface area contributed by atoms with Crippen LogP contribution in [-0.4, -0.2) is 49.3 Å². The van der Waals surface area contributed by atoms with Gasteiger partial charge in [-0.2, -0.15) is 0 Å². The second-order valence-corrected chi connectivity index (χ2v) is 4.69. The lowest BCUT2D eigenvalue weighted by atomic mass is 9.87. The third-order valence-electron chi connectivity index (χ3n) is 3.33.